The molecule has 0 saturated heterocycles. The van der Waals surface area contributed by atoms with Gasteiger partial charge in [-0.25, -0.2) is 0 Å². The molecule has 0 radical (unpaired) electrons. The number of rotatable bonds is 4. The van der Waals surface area contributed by atoms with Crippen LogP contribution >= 0.6 is 15.9 Å². The molecule has 2 N–H and O–H groups in total. The molecular weight excluding hydrogens is 396 g/mol. The lowest BCUT2D eigenvalue weighted by Crippen LogP contribution is -2.29. The van der Waals surface area contributed by atoms with Crippen LogP contribution in [0.25, 0.3) is 0 Å². The predicted octanol–water partition coefficient (Wildman–Crippen LogP) is 4.82. The number of hydrogen-bond donors (Lipinski definition) is 2. The van der Waals surface area contributed by atoms with Gasteiger partial charge in [-0.05, 0) is 60.7 Å². The monoisotopic (exact) mass is 410 g/mol. The van der Waals surface area contributed by atoms with Gasteiger partial charge in [0.15, 0.2) is 0 Å². The number of ether oxygens (including phenoxy) is 1. The average Bonchev–Trinajstić information content (AvgIpc) is 2.66. The first-order valence-electron chi connectivity index (χ1n) is 7.81. The van der Waals surface area contributed by atoms with Crippen LogP contribution in [0.4, 0.5) is 11.4 Å². The minimum atomic E-state index is -0.746. The highest BCUT2D eigenvalue weighted by Gasteiger charge is 2.14. The minimum absolute atomic E-state index is 0.501. The van der Waals surface area contributed by atoms with E-state index in [4.69, 9.17) is 4.74 Å². The molecule has 0 aliphatic carbocycles. The number of halogens is 1. The third kappa shape index (κ3) is 4.94. The van der Waals surface area contributed by atoms with Crippen LogP contribution in [0.3, 0.4) is 0 Å². The zero-order valence-electron chi connectivity index (χ0n) is 13.6. The highest BCUT2D eigenvalue weighted by molar-refractivity contribution is 9.10. The Morgan fingerprint density at radius 1 is 0.654 bits per heavy atom. The second-order valence-electron chi connectivity index (χ2n) is 5.35. The SMILES string of the molecule is O=C(Nc1ccc(Br)cc1)C(=O)Nc1ccc(Oc2ccccc2)cc1. The first-order valence-corrected chi connectivity index (χ1v) is 8.60. The van der Waals surface area contributed by atoms with Gasteiger partial charge in [0.05, 0.1) is 0 Å². The molecule has 0 heterocycles. The van der Waals surface area contributed by atoms with Gasteiger partial charge in [0.2, 0.25) is 0 Å². The van der Waals surface area contributed by atoms with E-state index >= 15 is 0 Å². The van der Waals surface area contributed by atoms with Gasteiger partial charge in [-0.15, -0.1) is 0 Å². The third-order valence-corrected chi connectivity index (χ3v) is 3.93. The Labute approximate surface area is 159 Å². The Morgan fingerprint density at radius 2 is 1.12 bits per heavy atom. The zero-order chi connectivity index (χ0) is 18.4. The van der Waals surface area contributed by atoms with Crippen molar-refractivity contribution in [3.05, 3.63) is 83.3 Å². The summed E-state index contributed by atoms with van der Waals surface area (Å²) in [6.07, 6.45) is 0. The molecule has 0 aliphatic heterocycles. The van der Waals surface area contributed by atoms with Crippen LogP contribution in [0.1, 0.15) is 0 Å². The van der Waals surface area contributed by atoms with Crippen LogP contribution in [0, 0.1) is 0 Å². The summed E-state index contributed by atoms with van der Waals surface area (Å²) in [4.78, 5) is 23.9. The number of para-hydroxylation sites is 1. The van der Waals surface area contributed by atoms with Gasteiger partial charge in [-0.1, -0.05) is 34.1 Å². The van der Waals surface area contributed by atoms with Crippen molar-refractivity contribution in [3.63, 3.8) is 0 Å². The number of carbonyl (C=O) groups excluding carboxylic acids is 2. The number of benzene rings is 3. The zero-order valence-corrected chi connectivity index (χ0v) is 15.2. The number of nitrogens with one attached hydrogen (secondary N) is 2. The Balaban J connectivity index is 1.57. The van der Waals surface area contributed by atoms with E-state index in [1.165, 1.54) is 0 Å². The van der Waals surface area contributed by atoms with Crippen LogP contribution in [0.15, 0.2) is 83.3 Å². The largest absolute Gasteiger partial charge is 0.457 e. The van der Waals surface area contributed by atoms with Crippen LogP contribution in [-0.2, 0) is 9.59 Å². The summed E-state index contributed by atoms with van der Waals surface area (Å²) in [5.41, 5.74) is 1.04. The number of anilines is 2. The molecule has 0 aromatic heterocycles. The molecule has 0 saturated carbocycles. The van der Waals surface area contributed by atoms with Crippen molar-refractivity contribution in [2.24, 2.45) is 0 Å². The van der Waals surface area contributed by atoms with Gasteiger partial charge in [0.1, 0.15) is 11.5 Å². The third-order valence-electron chi connectivity index (χ3n) is 3.40. The molecule has 3 aromatic carbocycles. The first kappa shape index (κ1) is 17.7. The molecule has 0 spiro atoms. The molecule has 26 heavy (non-hydrogen) atoms. The number of carbonyl (C=O) groups is 2. The molecule has 0 aliphatic rings. The molecule has 3 aromatic rings. The highest BCUT2D eigenvalue weighted by atomic mass is 79.9. The Morgan fingerprint density at radius 3 is 1.65 bits per heavy atom. The fourth-order valence-corrected chi connectivity index (χ4v) is 2.40. The maximum absolute atomic E-state index is 12.0. The second kappa shape index (κ2) is 8.31. The van der Waals surface area contributed by atoms with Crippen molar-refractivity contribution < 1.29 is 14.3 Å². The topological polar surface area (TPSA) is 67.4 Å². The Bertz CT molecular complexity index is 895. The van der Waals surface area contributed by atoms with E-state index < -0.39 is 11.8 Å². The number of hydrogen-bond acceptors (Lipinski definition) is 3. The van der Waals surface area contributed by atoms with Gasteiger partial charge in [0.25, 0.3) is 0 Å². The molecule has 0 bridgehead atoms. The van der Waals surface area contributed by atoms with Crippen molar-refractivity contribution in [1.82, 2.24) is 0 Å². The summed E-state index contributed by atoms with van der Waals surface area (Å²) >= 11 is 3.31. The van der Waals surface area contributed by atoms with E-state index in [1.807, 2.05) is 30.3 Å². The summed E-state index contributed by atoms with van der Waals surface area (Å²) < 4.78 is 6.57. The normalized spacial score (nSPS) is 10.0. The maximum atomic E-state index is 12.0. The summed E-state index contributed by atoms with van der Waals surface area (Å²) in [6, 6.07) is 23.1. The van der Waals surface area contributed by atoms with Crippen molar-refractivity contribution in [1.29, 1.82) is 0 Å². The highest BCUT2D eigenvalue weighted by Crippen LogP contribution is 2.22. The quantitative estimate of drug-likeness (QED) is 0.605. The molecule has 2 amide bonds. The van der Waals surface area contributed by atoms with Crippen molar-refractivity contribution in [2.75, 3.05) is 10.6 Å². The van der Waals surface area contributed by atoms with Gasteiger partial charge in [-0.3, -0.25) is 9.59 Å². The summed E-state index contributed by atoms with van der Waals surface area (Å²) in [6.45, 7) is 0. The molecule has 3 rings (SSSR count). The van der Waals surface area contributed by atoms with E-state index in [9.17, 15) is 9.59 Å². The molecule has 6 heteroatoms. The Hall–Kier alpha value is -3.12. The Kier molecular flexibility index (Phi) is 5.66. The lowest BCUT2D eigenvalue weighted by molar-refractivity contribution is -0.132. The fourth-order valence-electron chi connectivity index (χ4n) is 2.14. The minimum Gasteiger partial charge on any atom is -0.457 e. The first-order chi connectivity index (χ1) is 12.6. The van der Waals surface area contributed by atoms with Crippen molar-refractivity contribution in [2.45, 2.75) is 0 Å². The molecule has 130 valence electrons. The molecule has 0 unspecified atom stereocenters. The van der Waals surface area contributed by atoms with Crippen LogP contribution in [0.5, 0.6) is 11.5 Å². The number of amides is 2. The van der Waals surface area contributed by atoms with E-state index in [0.717, 1.165) is 10.2 Å². The van der Waals surface area contributed by atoms with Crippen molar-refractivity contribution >= 4 is 39.1 Å². The van der Waals surface area contributed by atoms with E-state index in [1.54, 1.807) is 48.5 Å². The average molecular weight is 411 g/mol. The van der Waals surface area contributed by atoms with E-state index in [0.29, 0.717) is 17.1 Å². The summed E-state index contributed by atoms with van der Waals surface area (Å²) in [5, 5.41) is 5.09. The lowest BCUT2D eigenvalue weighted by atomic mass is 10.3. The smallest absolute Gasteiger partial charge is 0.314 e. The molecule has 0 atom stereocenters. The fraction of sp³-hybridized carbons (Fsp3) is 0. The van der Waals surface area contributed by atoms with Crippen molar-refractivity contribution in [3.8, 4) is 11.5 Å². The maximum Gasteiger partial charge on any atom is 0.314 e. The van der Waals surface area contributed by atoms with Crippen LogP contribution < -0.4 is 15.4 Å². The molecular formula is C20H15BrN2O3. The van der Waals surface area contributed by atoms with Gasteiger partial charge in [-0.2, -0.15) is 0 Å². The standard InChI is InChI=1S/C20H15BrN2O3/c21-14-6-8-15(9-7-14)22-19(24)20(25)23-16-10-12-18(13-11-16)26-17-4-2-1-3-5-17/h1-13H,(H,22,24)(H,23,25). The van der Waals surface area contributed by atoms with Gasteiger partial charge >= 0.3 is 11.8 Å². The lowest BCUT2D eigenvalue weighted by Gasteiger charge is -2.08. The summed E-state index contributed by atoms with van der Waals surface area (Å²) in [5.74, 6) is -0.131. The van der Waals surface area contributed by atoms with Crippen LogP contribution in [-0.4, -0.2) is 11.8 Å². The van der Waals surface area contributed by atoms with Crippen LogP contribution in [0.2, 0.25) is 0 Å². The second-order valence-corrected chi connectivity index (χ2v) is 6.27. The molecule has 0 fully saturated rings. The van der Waals surface area contributed by atoms with Gasteiger partial charge < -0.3 is 15.4 Å². The summed E-state index contributed by atoms with van der Waals surface area (Å²) in [7, 11) is 0. The predicted molar refractivity (Wildman–Crippen MR) is 104 cm³/mol. The molecule has 5 nitrogen and oxygen atoms in total. The van der Waals surface area contributed by atoms with Gasteiger partial charge in [0, 0.05) is 15.8 Å². The van der Waals surface area contributed by atoms with E-state index in [-0.39, 0.29) is 0 Å². The van der Waals surface area contributed by atoms with E-state index in [2.05, 4.69) is 26.6 Å².